The number of carbonyl (C=O) groups is 4. The van der Waals surface area contributed by atoms with Gasteiger partial charge in [-0.1, -0.05) is 0 Å². The molecule has 0 rings (SSSR count). The fourth-order valence-electron chi connectivity index (χ4n) is 1.93. The Kier molecular flexibility index (Phi) is 10.5. The van der Waals surface area contributed by atoms with Gasteiger partial charge in [0.25, 0.3) is 6.47 Å². The van der Waals surface area contributed by atoms with Crippen LogP contribution >= 0.6 is 0 Å². The first-order valence-electron chi connectivity index (χ1n) is 7.30. The van der Waals surface area contributed by atoms with Gasteiger partial charge in [-0.2, -0.15) is 5.26 Å². The Bertz CT molecular complexity index is 518. The third-order valence-electron chi connectivity index (χ3n) is 2.86. The van der Waals surface area contributed by atoms with E-state index in [9.17, 15) is 23.6 Å². The van der Waals surface area contributed by atoms with E-state index in [0.29, 0.717) is 0 Å². The summed E-state index contributed by atoms with van der Waals surface area (Å²) in [5, 5.41) is 8.56. The number of alkyl halides is 1. The zero-order valence-electron chi connectivity index (χ0n) is 14.1. The second kappa shape index (κ2) is 11.8. The summed E-state index contributed by atoms with van der Waals surface area (Å²) in [6.07, 6.45) is -7.02. The van der Waals surface area contributed by atoms with E-state index in [1.165, 1.54) is 0 Å². The van der Waals surface area contributed by atoms with E-state index in [2.05, 4.69) is 0 Å². The van der Waals surface area contributed by atoms with Gasteiger partial charge >= 0.3 is 17.9 Å². The maximum atomic E-state index is 14.4. The Balaban J connectivity index is 5.60. The molecule has 0 aliphatic rings. The number of hydrogen-bond donors (Lipinski definition) is 0. The average molecular weight is 361 g/mol. The smallest absolute Gasteiger partial charge is 0.303 e. The second-order valence-electron chi connectivity index (χ2n) is 4.93. The summed E-state index contributed by atoms with van der Waals surface area (Å²) in [6.45, 7) is 2.57. The number of halogens is 1. The maximum Gasteiger partial charge on any atom is 0.303 e. The molecule has 0 N–H and O–H groups in total. The molecule has 0 aliphatic carbocycles. The molecule has 0 aromatic heterocycles. The molecule has 4 atom stereocenters. The van der Waals surface area contributed by atoms with Crippen LogP contribution in [0.3, 0.4) is 0 Å². The fraction of sp³-hybridized carbons (Fsp3) is 0.667. The van der Waals surface area contributed by atoms with Crippen molar-refractivity contribution in [3.05, 3.63) is 0 Å². The van der Waals surface area contributed by atoms with Gasteiger partial charge in [0.15, 0.2) is 18.3 Å². The summed E-state index contributed by atoms with van der Waals surface area (Å²) in [7, 11) is 0. The minimum atomic E-state index is -1.89. The van der Waals surface area contributed by atoms with Crippen LogP contribution in [0.15, 0.2) is 0 Å². The molecule has 10 heteroatoms. The molecule has 0 spiro atoms. The Morgan fingerprint density at radius 3 is 2.08 bits per heavy atom. The highest BCUT2D eigenvalue weighted by atomic mass is 19.1. The number of nitriles is 1. The second-order valence-corrected chi connectivity index (χ2v) is 4.93. The third kappa shape index (κ3) is 9.24. The van der Waals surface area contributed by atoms with Crippen LogP contribution in [0.25, 0.3) is 0 Å². The zero-order valence-corrected chi connectivity index (χ0v) is 14.1. The molecular weight excluding hydrogens is 341 g/mol. The van der Waals surface area contributed by atoms with Crippen molar-refractivity contribution in [3.63, 3.8) is 0 Å². The van der Waals surface area contributed by atoms with Crippen molar-refractivity contribution in [1.29, 1.82) is 5.26 Å². The predicted molar refractivity (Wildman–Crippen MR) is 78.4 cm³/mol. The molecule has 0 saturated heterocycles. The number of rotatable bonds is 11. The zero-order chi connectivity index (χ0) is 19.4. The van der Waals surface area contributed by atoms with E-state index >= 15 is 0 Å². The standard InChI is InChI=1S/C15H20FNO8/c1-9(19)22-7-13(23-8-18)15(25-11(3)21)14(24-10(2)20)12(16)5-4-6-17/h8,12-15H,4-5,7H2,1-3H3/t12-,13+,14+,15+/m0/s1. The largest absolute Gasteiger partial charge is 0.462 e. The molecule has 0 aliphatic heterocycles. The average Bonchev–Trinajstić information content (AvgIpc) is 2.51. The van der Waals surface area contributed by atoms with E-state index < -0.39 is 49.0 Å². The molecule has 0 unspecified atom stereocenters. The molecule has 0 aromatic rings. The number of hydrogen-bond acceptors (Lipinski definition) is 9. The molecule has 0 aromatic carbocycles. The topological polar surface area (TPSA) is 129 Å². The molecule has 25 heavy (non-hydrogen) atoms. The summed E-state index contributed by atoms with van der Waals surface area (Å²) in [4.78, 5) is 44.3. The van der Waals surface area contributed by atoms with Crippen molar-refractivity contribution in [2.24, 2.45) is 0 Å². The lowest BCUT2D eigenvalue weighted by atomic mass is 10.00. The van der Waals surface area contributed by atoms with Crippen LogP contribution in [0.5, 0.6) is 0 Å². The minimum absolute atomic E-state index is 0.00198. The van der Waals surface area contributed by atoms with Crippen molar-refractivity contribution in [3.8, 4) is 6.07 Å². The Morgan fingerprint density at radius 2 is 1.64 bits per heavy atom. The molecule has 0 amide bonds. The predicted octanol–water partition coefficient (Wildman–Crippen LogP) is 0.596. The van der Waals surface area contributed by atoms with Crippen molar-refractivity contribution in [2.75, 3.05) is 6.61 Å². The first kappa shape index (κ1) is 22.3. The van der Waals surface area contributed by atoms with Crippen LogP contribution in [-0.2, 0) is 38.1 Å². The molecule has 0 heterocycles. The number of nitrogens with zero attached hydrogens (tertiary/aromatic N) is 1. The third-order valence-corrected chi connectivity index (χ3v) is 2.86. The molecular formula is C15H20FNO8. The minimum Gasteiger partial charge on any atom is -0.462 e. The van der Waals surface area contributed by atoms with E-state index in [1.54, 1.807) is 6.07 Å². The van der Waals surface area contributed by atoms with Gasteiger partial charge in [0.1, 0.15) is 12.8 Å². The first-order valence-corrected chi connectivity index (χ1v) is 7.30. The summed E-state index contributed by atoms with van der Waals surface area (Å²) >= 11 is 0. The van der Waals surface area contributed by atoms with Crippen molar-refractivity contribution in [1.82, 2.24) is 0 Å². The van der Waals surface area contributed by atoms with E-state index in [4.69, 9.17) is 24.2 Å². The highest BCUT2D eigenvalue weighted by Gasteiger charge is 2.41. The molecule has 0 radical (unpaired) electrons. The van der Waals surface area contributed by atoms with Crippen molar-refractivity contribution >= 4 is 24.4 Å². The normalized spacial score (nSPS) is 14.8. The summed E-state index contributed by atoms with van der Waals surface area (Å²) in [5.74, 6) is -2.46. The quantitative estimate of drug-likeness (QED) is 0.295. The van der Waals surface area contributed by atoms with Gasteiger partial charge in [-0.15, -0.1) is 0 Å². The molecule has 0 fully saturated rings. The molecule has 9 nitrogen and oxygen atoms in total. The SMILES string of the molecule is CC(=O)OC[C@@H](OC=O)[C@@H](OC(C)=O)[C@H](OC(C)=O)[C@@H](F)CCC#N. The summed E-state index contributed by atoms with van der Waals surface area (Å²) in [5.41, 5.74) is 0. The summed E-state index contributed by atoms with van der Waals surface area (Å²) in [6, 6.07) is 1.74. The van der Waals surface area contributed by atoms with Gasteiger partial charge in [0.2, 0.25) is 0 Å². The van der Waals surface area contributed by atoms with Gasteiger partial charge < -0.3 is 18.9 Å². The lowest BCUT2D eigenvalue weighted by Gasteiger charge is -2.32. The summed E-state index contributed by atoms with van der Waals surface area (Å²) < 4.78 is 33.7. The van der Waals surface area contributed by atoms with Gasteiger partial charge in [0, 0.05) is 27.2 Å². The Morgan fingerprint density at radius 1 is 1.08 bits per heavy atom. The molecule has 140 valence electrons. The monoisotopic (exact) mass is 361 g/mol. The van der Waals surface area contributed by atoms with E-state index in [0.717, 1.165) is 20.8 Å². The molecule has 0 saturated carbocycles. The van der Waals surface area contributed by atoms with E-state index in [1.807, 2.05) is 0 Å². The fourth-order valence-corrected chi connectivity index (χ4v) is 1.93. The first-order chi connectivity index (χ1) is 11.7. The molecule has 0 bridgehead atoms. The van der Waals surface area contributed by atoms with Crippen LogP contribution in [0.1, 0.15) is 33.6 Å². The van der Waals surface area contributed by atoms with Gasteiger partial charge in [-0.25, -0.2) is 4.39 Å². The number of esters is 3. The van der Waals surface area contributed by atoms with Crippen LogP contribution in [0, 0.1) is 11.3 Å². The van der Waals surface area contributed by atoms with Gasteiger partial charge in [-0.3, -0.25) is 19.2 Å². The maximum absolute atomic E-state index is 14.4. The highest BCUT2D eigenvalue weighted by Crippen LogP contribution is 2.21. The van der Waals surface area contributed by atoms with Gasteiger partial charge in [0.05, 0.1) is 6.07 Å². The number of ether oxygens (including phenoxy) is 4. The lowest BCUT2D eigenvalue weighted by Crippen LogP contribution is -2.50. The van der Waals surface area contributed by atoms with Crippen LogP contribution in [-0.4, -0.2) is 55.5 Å². The highest BCUT2D eigenvalue weighted by molar-refractivity contribution is 5.67. The Labute approximate surface area is 144 Å². The van der Waals surface area contributed by atoms with E-state index in [-0.39, 0.29) is 19.3 Å². The van der Waals surface area contributed by atoms with Crippen LogP contribution in [0.2, 0.25) is 0 Å². The van der Waals surface area contributed by atoms with Crippen LogP contribution in [0.4, 0.5) is 4.39 Å². The lowest BCUT2D eigenvalue weighted by molar-refractivity contribution is -0.191. The van der Waals surface area contributed by atoms with Crippen LogP contribution < -0.4 is 0 Å². The van der Waals surface area contributed by atoms with Gasteiger partial charge in [-0.05, 0) is 6.42 Å². The van der Waals surface area contributed by atoms with Crippen molar-refractivity contribution in [2.45, 2.75) is 58.1 Å². The Hall–Kier alpha value is -2.70. The van der Waals surface area contributed by atoms with Crippen molar-refractivity contribution < 1.29 is 42.5 Å². The number of carbonyl (C=O) groups excluding carboxylic acids is 4.